The summed E-state index contributed by atoms with van der Waals surface area (Å²) in [7, 11) is 0. The molecule has 3 rings (SSSR count). The van der Waals surface area contributed by atoms with E-state index < -0.39 is 29.4 Å². The number of hydrogen-bond acceptors (Lipinski definition) is 5. The SMILES string of the molecule is O=C(CN1C(=O)SC(=Cc2ccccc2F)C1=O)Nc1ccc(O)cc1. The summed E-state index contributed by atoms with van der Waals surface area (Å²) in [5.74, 6) is -1.68. The van der Waals surface area contributed by atoms with Gasteiger partial charge in [0.1, 0.15) is 18.1 Å². The number of phenolic OH excluding ortho intramolecular Hbond substituents is 1. The second kappa shape index (κ2) is 7.40. The van der Waals surface area contributed by atoms with Crippen molar-refractivity contribution in [3.05, 3.63) is 64.8 Å². The molecule has 2 aromatic carbocycles. The van der Waals surface area contributed by atoms with Crippen molar-refractivity contribution < 1.29 is 23.9 Å². The number of halogens is 1. The first-order chi connectivity index (χ1) is 12.4. The molecular weight excluding hydrogens is 359 g/mol. The van der Waals surface area contributed by atoms with Gasteiger partial charge in [-0.3, -0.25) is 19.3 Å². The lowest BCUT2D eigenvalue weighted by Crippen LogP contribution is -2.36. The molecule has 1 fully saturated rings. The van der Waals surface area contributed by atoms with E-state index in [4.69, 9.17) is 0 Å². The minimum Gasteiger partial charge on any atom is -0.508 e. The molecule has 1 aliphatic rings. The Balaban J connectivity index is 1.70. The fourth-order valence-corrected chi connectivity index (χ4v) is 3.09. The van der Waals surface area contributed by atoms with Gasteiger partial charge in [0.2, 0.25) is 5.91 Å². The number of hydrogen-bond donors (Lipinski definition) is 2. The Morgan fingerprint density at radius 3 is 2.54 bits per heavy atom. The van der Waals surface area contributed by atoms with Gasteiger partial charge in [0.15, 0.2) is 0 Å². The zero-order valence-corrected chi connectivity index (χ0v) is 14.1. The normalized spacial score (nSPS) is 15.6. The van der Waals surface area contributed by atoms with Crippen molar-refractivity contribution in [3.8, 4) is 5.75 Å². The number of benzene rings is 2. The van der Waals surface area contributed by atoms with Gasteiger partial charge >= 0.3 is 0 Å². The number of amides is 3. The molecule has 0 aliphatic carbocycles. The predicted molar refractivity (Wildman–Crippen MR) is 95.8 cm³/mol. The smallest absolute Gasteiger partial charge is 0.294 e. The molecule has 0 unspecified atom stereocenters. The van der Waals surface area contributed by atoms with E-state index in [1.165, 1.54) is 48.5 Å². The number of imide groups is 1. The van der Waals surface area contributed by atoms with Crippen molar-refractivity contribution >= 4 is 40.6 Å². The molecule has 1 saturated heterocycles. The summed E-state index contributed by atoms with van der Waals surface area (Å²) < 4.78 is 13.7. The minimum absolute atomic E-state index is 0.0484. The van der Waals surface area contributed by atoms with Gasteiger partial charge in [0, 0.05) is 11.3 Å². The van der Waals surface area contributed by atoms with E-state index in [1.54, 1.807) is 6.07 Å². The van der Waals surface area contributed by atoms with E-state index in [0.29, 0.717) is 17.4 Å². The predicted octanol–water partition coefficient (Wildman–Crippen LogP) is 3.21. The number of thioether (sulfide) groups is 1. The van der Waals surface area contributed by atoms with E-state index in [-0.39, 0.29) is 16.2 Å². The molecule has 6 nitrogen and oxygen atoms in total. The van der Waals surface area contributed by atoms with Crippen LogP contribution in [0.2, 0.25) is 0 Å². The molecule has 0 radical (unpaired) electrons. The molecule has 0 bridgehead atoms. The Labute approximate surface area is 152 Å². The van der Waals surface area contributed by atoms with E-state index in [0.717, 1.165) is 4.90 Å². The first-order valence-electron chi connectivity index (χ1n) is 7.53. The Kier molecular flexibility index (Phi) is 5.04. The highest BCUT2D eigenvalue weighted by molar-refractivity contribution is 8.18. The van der Waals surface area contributed by atoms with Crippen LogP contribution in [0.15, 0.2) is 53.4 Å². The number of carbonyl (C=O) groups excluding carboxylic acids is 3. The number of phenols is 1. The van der Waals surface area contributed by atoms with Gasteiger partial charge in [-0.1, -0.05) is 18.2 Å². The lowest BCUT2D eigenvalue weighted by molar-refractivity contribution is -0.127. The van der Waals surface area contributed by atoms with Crippen LogP contribution in [-0.2, 0) is 9.59 Å². The number of nitrogens with zero attached hydrogens (tertiary/aromatic N) is 1. The summed E-state index contributed by atoms with van der Waals surface area (Å²) in [6, 6.07) is 11.6. The molecule has 0 spiro atoms. The highest BCUT2D eigenvalue weighted by Crippen LogP contribution is 2.32. The van der Waals surface area contributed by atoms with Crippen molar-refractivity contribution in [3.63, 3.8) is 0 Å². The van der Waals surface area contributed by atoms with Gasteiger partial charge in [-0.05, 0) is 48.2 Å². The summed E-state index contributed by atoms with van der Waals surface area (Å²) in [6.07, 6.45) is 1.29. The lowest BCUT2D eigenvalue weighted by Gasteiger charge is -2.12. The maximum absolute atomic E-state index is 13.7. The molecule has 8 heteroatoms. The van der Waals surface area contributed by atoms with Crippen LogP contribution in [0.1, 0.15) is 5.56 Å². The van der Waals surface area contributed by atoms with Crippen LogP contribution in [-0.4, -0.2) is 33.6 Å². The van der Waals surface area contributed by atoms with Crippen molar-refractivity contribution in [2.24, 2.45) is 0 Å². The largest absolute Gasteiger partial charge is 0.508 e. The Morgan fingerprint density at radius 1 is 1.15 bits per heavy atom. The van der Waals surface area contributed by atoms with Crippen molar-refractivity contribution in [2.45, 2.75) is 0 Å². The van der Waals surface area contributed by atoms with Gasteiger partial charge in [0.25, 0.3) is 11.1 Å². The standard InChI is InChI=1S/C18H13FN2O4S/c19-14-4-2-1-3-11(14)9-15-17(24)21(18(25)26-15)10-16(23)20-12-5-7-13(22)8-6-12/h1-9,22H,10H2,(H,20,23). The van der Waals surface area contributed by atoms with Gasteiger partial charge in [-0.2, -0.15) is 0 Å². The average molecular weight is 372 g/mol. The number of aromatic hydroxyl groups is 1. The monoisotopic (exact) mass is 372 g/mol. The van der Waals surface area contributed by atoms with E-state index >= 15 is 0 Å². The second-order valence-electron chi connectivity index (χ2n) is 5.38. The summed E-state index contributed by atoms with van der Waals surface area (Å²) in [4.78, 5) is 37.3. The quantitative estimate of drug-likeness (QED) is 0.636. The molecule has 1 aliphatic heterocycles. The minimum atomic E-state index is -0.649. The fraction of sp³-hybridized carbons (Fsp3) is 0.0556. The molecule has 0 saturated carbocycles. The number of nitrogens with one attached hydrogen (secondary N) is 1. The molecular formula is C18H13FN2O4S. The lowest BCUT2D eigenvalue weighted by atomic mass is 10.2. The third kappa shape index (κ3) is 3.92. The molecule has 2 N–H and O–H groups in total. The van der Waals surface area contributed by atoms with Gasteiger partial charge in [0.05, 0.1) is 4.91 Å². The third-order valence-corrected chi connectivity index (χ3v) is 4.43. The third-order valence-electron chi connectivity index (χ3n) is 3.52. The molecule has 3 amide bonds. The van der Waals surface area contributed by atoms with Crippen LogP contribution in [0.25, 0.3) is 6.08 Å². The van der Waals surface area contributed by atoms with Gasteiger partial charge in [-0.25, -0.2) is 4.39 Å². The van der Waals surface area contributed by atoms with Crippen LogP contribution >= 0.6 is 11.8 Å². The maximum atomic E-state index is 13.7. The van der Waals surface area contributed by atoms with Crippen LogP contribution in [0.4, 0.5) is 14.9 Å². The molecule has 0 aromatic heterocycles. The molecule has 1 heterocycles. The van der Waals surface area contributed by atoms with Gasteiger partial charge < -0.3 is 10.4 Å². The Hall–Kier alpha value is -3.13. The number of anilines is 1. The first-order valence-corrected chi connectivity index (χ1v) is 8.34. The highest BCUT2D eigenvalue weighted by atomic mass is 32.2. The molecule has 132 valence electrons. The zero-order chi connectivity index (χ0) is 18.7. The summed E-state index contributed by atoms with van der Waals surface area (Å²) in [5.41, 5.74) is 0.605. The number of carbonyl (C=O) groups is 3. The van der Waals surface area contributed by atoms with Crippen molar-refractivity contribution in [1.29, 1.82) is 0 Å². The van der Waals surface area contributed by atoms with Crippen LogP contribution < -0.4 is 5.32 Å². The molecule has 0 atom stereocenters. The second-order valence-corrected chi connectivity index (χ2v) is 6.38. The zero-order valence-electron chi connectivity index (χ0n) is 13.3. The van der Waals surface area contributed by atoms with Crippen LogP contribution in [0.5, 0.6) is 5.75 Å². The summed E-state index contributed by atoms with van der Waals surface area (Å²) in [5, 5.41) is 11.1. The van der Waals surface area contributed by atoms with E-state index in [1.807, 2.05) is 0 Å². The van der Waals surface area contributed by atoms with Crippen LogP contribution in [0, 0.1) is 5.82 Å². The summed E-state index contributed by atoms with van der Waals surface area (Å²) in [6.45, 7) is -0.458. The topological polar surface area (TPSA) is 86.7 Å². The Morgan fingerprint density at radius 2 is 1.85 bits per heavy atom. The van der Waals surface area contributed by atoms with Crippen molar-refractivity contribution in [1.82, 2.24) is 4.90 Å². The summed E-state index contributed by atoms with van der Waals surface area (Å²) >= 11 is 0.654. The Bertz CT molecular complexity index is 912. The van der Waals surface area contributed by atoms with Gasteiger partial charge in [-0.15, -0.1) is 0 Å². The van der Waals surface area contributed by atoms with E-state index in [9.17, 15) is 23.9 Å². The molecule has 26 heavy (non-hydrogen) atoms. The number of rotatable bonds is 4. The van der Waals surface area contributed by atoms with Crippen molar-refractivity contribution in [2.75, 3.05) is 11.9 Å². The van der Waals surface area contributed by atoms with Crippen LogP contribution in [0.3, 0.4) is 0 Å². The average Bonchev–Trinajstić information content (AvgIpc) is 2.86. The maximum Gasteiger partial charge on any atom is 0.294 e. The highest BCUT2D eigenvalue weighted by Gasteiger charge is 2.36. The van der Waals surface area contributed by atoms with E-state index in [2.05, 4.69) is 5.32 Å². The fourth-order valence-electron chi connectivity index (χ4n) is 2.26. The molecule has 2 aromatic rings. The first kappa shape index (κ1) is 17.7.